The van der Waals surface area contributed by atoms with Gasteiger partial charge < -0.3 is 29.6 Å². The number of morpholine rings is 1. The Bertz CT molecular complexity index is 1370. The third-order valence-corrected chi connectivity index (χ3v) is 7.00. The third-order valence-electron chi connectivity index (χ3n) is 7.00. The summed E-state index contributed by atoms with van der Waals surface area (Å²) in [6.45, 7) is 3.31. The molecule has 0 bridgehead atoms. The molecule has 0 aliphatic carbocycles. The van der Waals surface area contributed by atoms with Crippen molar-refractivity contribution < 1.29 is 27.4 Å². The van der Waals surface area contributed by atoms with Gasteiger partial charge in [-0.2, -0.15) is 13.2 Å². The number of carbonyl (C=O) groups is 1. The molecule has 0 saturated carbocycles. The van der Waals surface area contributed by atoms with Gasteiger partial charge in [-0.3, -0.25) is 4.79 Å². The van der Waals surface area contributed by atoms with Crippen molar-refractivity contribution in [3.05, 3.63) is 59.5 Å². The molecule has 4 heterocycles. The Morgan fingerprint density at radius 2 is 1.82 bits per heavy atom. The Kier molecular flexibility index (Phi) is 8.89. The molecular formula is C29H32F3N5O3. The number of amides is 1. The second-order valence-corrected chi connectivity index (χ2v) is 9.88. The number of hydrogen-bond donors (Lipinski definition) is 2. The quantitative estimate of drug-likeness (QED) is 0.432. The molecule has 1 amide bonds. The number of alkyl halides is 3. The third kappa shape index (κ3) is 7.33. The number of anilines is 1. The highest BCUT2D eigenvalue weighted by atomic mass is 19.4. The highest BCUT2D eigenvalue weighted by molar-refractivity contribution is 5.92. The first-order valence-electron chi connectivity index (χ1n) is 13.4. The highest BCUT2D eigenvalue weighted by Crippen LogP contribution is 2.26. The van der Waals surface area contributed by atoms with E-state index in [0.29, 0.717) is 61.5 Å². The Balaban J connectivity index is 1.24. The van der Waals surface area contributed by atoms with Gasteiger partial charge >= 0.3 is 6.18 Å². The average molecular weight is 556 g/mol. The van der Waals surface area contributed by atoms with Crippen molar-refractivity contribution in [1.29, 1.82) is 0 Å². The molecule has 40 heavy (non-hydrogen) atoms. The number of nitrogens with zero attached hydrogens (tertiary/aromatic N) is 3. The van der Waals surface area contributed by atoms with E-state index in [1.165, 1.54) is 4.57 Å². The summed E-state index contributed by atoms with van der Waals surface area (Å²) >= 11 is 0. The van der Waals surface area contributed by atoms with E-state index in [2.05, 4.69) is 27.5 Å². The zero-order chi connectivity index (χ0) is 28.0. The molecule has 2 N–H and O–H groups in total. The largest absolute Gasteiger partial charge is 0.406 e. The molecule has 1 aromatic carbocycles. The van der Waals surface area contributed by atoms with Gasteiger partial charge in [0.15, 0.2) is 0 Å². The first-order chi connectivity index (χ1) is 19.4. The number of pyridine rings is 1. The lowest BCUT2D eigenvalue weighted by Gasteiger charge is -2.26. The van der Waals surface area contributed by atoms with Crippen molar-refractivity contribution >= 4 is 22.5 Å². The fourth-order valence-corrected chi connectivity index (χ4v) is 4.88. The summed E-state index contributed by atoms with van der Waals surface area (Å²) in [6, 6.07) is 11.0. The normalized spacial score (nSPS) is 16.5. The van der Waals surface area contributed by atoms with Crippen LogP contribution in [0.15, 0.2) is 42.6 Å². The van der Waals surface area contributed by atoms with Crippen LogP contribution >= 0.6 is 0 Å². The molecule has 2 aliphatic rings. The SMILES string of the molecule is O=C(c1ccc(NCC#Cc2cc3cc(CNC4CCOCC4)ccc3n2CC(F)(F)F)cn1)N1CCOCC1. The minimum atomic E-state index is -4.38. The number of hydrogen-bond acceptors (Lipinski definition) is 6. The van der Waals surface area contributed by atoms with Gasteiger partial charge in [0.2, 0.25) is 0 Å². The van der Waals surface area contributed by atoms with Crippen LogP contribution in [-0.2, 0) is 22.6 Å². The van der Waals surface area contributed by atoms with Gasteiger partial charge in [0, 0.05) is 49.8 Å². The van der Waals surface area contributed by atoms with Crippen molar-refractivity contribution in [2.75, 3.05) is 51.4 Å². The molecule has 11 heteroatoms. The maximum absolute atomic E-state index is 13.4. The predicted molar refractivity (Wildman–Crippen MR) is 145 cm³/mol. The molecule has 2 fully saturated rings. The summed E-state index contributed by atoms with van der Waals surface area (Å²) in [5.41, 5.74) is 2.80. The van der Waals surface area contributed by atoms with Crippen LogP contribution in [0.1, 0.15) is 34.6 Å². The zero-order valence-electron chi connectivity index (χ0n) is 22.1. The first-order valence-corrected chi connectivity index (χ1v) is 13.4. The summed E-state index contributed by atoms with van der Waals surface area (Å²) in [5.74, 6) is 5.67. The Morgan fingerprint density at radius 1 is 1.05 bits per heavy atom. The van der Waals surface area contributed by atoms with Crippen molar-refractivity contribution in [3.63, 3.8) is 0 Å². The number of benzene rings is 1. The second kappa shape index (κ2) is 12.7. The predicted octanol–water partition coefficient (Wildman–Crippen LogP) is 3.80. The molecule has 2 aliphatic heterocycles. The van der Waals surface area contributed by atoms with Crippen molar-refractivity contribution in [2.45, 2.75) is 38.1 Å². The molecular weight excluding hydrogens is 523 g/mol. The van der Waals surface area contributed by atoms with E-state index >= 15 is 0 Å². The molecule has 2 saturated heterocycles. The lowest BCUT2D eigenvalue weighted by molar-refractivity contribution is -0.140. The molecule has 8 nitrogen and oxygen atoms in total. The van der Waals surface area contributed by atoms with Crippen LogP contribution < -0.4 is 10.6 Å². The summed E-state index contributed by atoms with van der Waals surface area (Å²) in [7, 11) is 0. The topological polar surface area (TPSA) is 80.7 Å². The van der Waals surface area contributed by atoms with Crippen LogP contribution in [0.25, 0.3) is 10.9 Å². The van der Waals surface area contributed by atoms with Gasteiger partial charge in [0.1, 0.15) is 12.2 Å². The van der Waals surface area contributed by atoms with Crippen LogP contribution in [0, 0.1) is 11.8 Å². The summed E-state index contributed by atoms with van der Waals surface area (Å²) in [5, 5.41) is 7.32. The minimum Gasteiger partial charge on any atom is -0.381 e. The number of ether oxygens (including phenoxy) is 2. The minimum absolute atomic E-state index is 0.144. The molecule has 2 aromatic heterocycles. The Hall–Kier alpha value is -3.59. The number of aromatic nitrogens is 2. The summed E-state index contributed by atoms with van der Waals surface area (Å²) in [6.07, 6.45) is -0.933. The van der Waals surface area contributed by atoms with Crippen LogP contribution in [0.4, 0.5) is 18.9 Å². The monoisotopic (exact) mass is 555 g/mol. The van der Waals surface area contributed by atoms with Crippen molar-refractivity contribution in [1.82, 2.24) is 19.8 Å². The smallest absolute Gasteiger partial charge is 0.381 e. The number of halogens is 3. The van der Waals surface area contributed by atoms with E-state index in [0.717, 1.165) is 37.0 Å². The molecule has 5 rings (SSSR count). The van der Waals surface area contributed by atoms with Gasteiger partial charge in [-0.1, -0.05) is 12.0 Å². The van der Waals surface area contributed by atoms with E-state index in [9.17, 15) is 18.0 Å². The Labute approximate surface area is 230 Å². The lowest BCUT2D eigenvalue weighted by Crippen LogP contribution is -2.41. The maximum Gasteiger partial charge on any atom is 0.406 e. The van der Waals surface area contributed by atoms with Gasteiger partial charge in [0.05, 0.1) is 37.3 Å². The van der Waals surface area contributed by atoms with Gasteiger partial charge in [-0.25, -0.2) is 4.98 Å². The van der Waals surface area contributed by atoms with E-state index in [1.807, 2.05) is 12.1 Å². The molecule has 0 atom stereocenters. The zero-order valence-corrected chi connectivity index (χ0v) is 22.1. The number of rotatable bonds is 7. The van der Waals surface area contributed by atoms with Crippen LogP contribution in [0.5, 0.6) is 0 Å². The van der Waals surface area contributed by atoms with Crippen LogP contribution in [0.3, 0.4) is 0 Å². The fourth-order valence-electron chi connectivity index (χ4n) is 4.88. The van der Waals surface area contributed by atoms with Crippen molar-refractivity contribution in [3.8, 4) is 11.8 Å². The lowest BCUT2D eigenvalue weighted by atomic mass is 10.1. The number of fused-ring (bicyclic) bond motifs is 1. The van der Waals surface area contributed by atoms with Gasteiger partial charge in [-0.15, -0.1) is 0 Å². The van der Waals surface area contributed by atoms with Gasteiger partial charge in [0.25, 0.3) is 5.91 Å². The van der Waals surface area contributed by atoms with E-state index in [1.54, 1.807) is 35.4 Å². The molecule has 0 unspecified atom stereocenters. The molecule has 0 spiro atoms. The standard InChI is InChI=1S/C29H32F3N5O3/c30-29(31,32)20-37-25(17-22-16-21(3-6-27(22)37)18-34-23-7-12-39-13-8-23)2-1-9-33-24-4-5-26(35-19-24)28(38)36-10-14-40-15-11-36/h3-6,16-17,19,23,33-34H,7-15,18,20H2. The molecule has 0 radical (unpaired) electrons. The van der Waals surface area contributed by atoms with Gasteiger partial charge in [-0.05, 0) is 54.7 Å². The summed E-state index contributed by atoms with van der Waals surface area (Å²) in [4.78, 5) is 18.5. The van der Waals surface area contributed by atoms with E-state index < -0.39 is 12.7 Å². The fraction of sp³-hybridized carbons (Fsp3) is 0.448. The molecule has 3 aromatic rings. The highest BCUT2D eigenvalue weighted by Gasteiger charge is 2.29. The van der Waals surface area contributed by atoms with Crippen molar-refractivity contribution in [2.24, 2.45) is 0 Å². The number of carbonyl (C=O) groups excluding carboxylic acids is 1. The van der Waals surface area contributed by atoms with Crippen LogP contribution in [-0.4, -0.2) is 78.6 Å². The Morgan fingerprint density at radius 3 is 2.55 bits per heavy atom. The van der Waals surface area contributed by atoms with Crippen LogP contribution in [0.2, 0.25) is 0 Å². The first kappa shape index (κ1) is 28.0. The molecule has 212 valence electrons. The van der Waals surface area contributed by atoms with E-state index in [4.69, 9.17) is 9.47 Å². The van der Waals surface area contributed by atoms with E-state index in [-0.39, 0.29) is 12.5 Å². The second-order valence-electron chi connectivity index (χ2n) is 9.88. The average Bonchev–Trinajstić information content (AvgIpc) is 3.30. The summed E-state index contributed by atoms with van der Waals surface area (Å²) < 4.78 is 52.1. The number of nitrogens with one attached hydrogen (secondary N) is 2. The maximum atomic E-state index is 13.4.